The predicted molar refractivity (Wildman–Crippen MR) is 53.1 cm³/mol. The molecule has 1 rings (SSSR count). The number of nitrogens with zero attached hydrogens (tertiary/aromatic N) is 1. The van der Waals surface area contributed by atoms with Crippen molar-refractivity contribution in [3.8, 4) is 0 Å². The molecule has 0 aromatic carbocycles. The minimum atomic E-state index is 0.301. The number of methoxy groups -OCH3 is 1. The topological polar surface area (TPSA) is 38.8 Å². The van der Waals surface area contributed by atoms with E-state index in [4.69, 9.17) is 9.47 Å². The number of amides is 1. The minimum absolute atomic E-state index is 0.301. The maximum absolute atomic E-state index is 10.5. The van der Waals surface area contributed by atoms with Crippen molar-refractivity contribution in [2.75, 3.05) is 33.4 Å². The van der Waals surface area contributed by atoms with Crippen LogP contribution < -0.4 is 0 Å². The lowest BCUT2D eigenvalue weighted by atomic mass is 10.2. The van der Waals surface area contributed by atoms with E-state index in [1.54, 1.807) is 7.11 Å². The molecular weight excluding hydrogens is 182 g/mol. The van der Waals surface area contributed by atoms with E-state index in [0.29, 0.717) is 19.3 Å². The van der Waals surface area contributed by atoms with Crippen molar-refractivity contribution in [1.82, 2.24) is 4.90 Å². The van der Waals surface area contributed by atoms with Gasteiger partial charge in [0.15, 0.2) is 0 Å². The maximum atomic E-state index is 10.5. The van der Waals surface area contributed by atoms with Gasteiger partial charge in [-0.1, -0.05) is 0 Å². The molecule has 0 aromatic heterocycles. The summed E-state index contributed by atoms with van der Waals surface area (Å²) >= 11 is 0. The fourth-order valence-electron chi connectivity index (χ4n) is 1.66. The molecular formula is C10H19NO3. The van der Waals surface area contributed by atoms with E-state index < -0.39 is 0 Å². The Labute approximate surface area is 85.2 Å². The Kier molecular flexibility index (Phi) is 5.56. The van der Waals surface area contributed by atoms with E-state index in [2.05, 4.69) is 0 Å². The molecule has 4 nitrogen and oxygen atoms in total. The Morgan fingerprint density at radius 1 is 1.36 bits per heavy atom. The molecule has 0 bridgehead atoms. The quantitative estimate of drug-likeness (QED) is 0.484. The molecule has 1 amide bonds. The van der Waals surface area contributed by atoms with Crippen LogP contribution in [0.2, 0.25) is 0 Å². The van der Waals surface area contributed by atoms with Gasteiger partial charge in [-0.2, -0.15) is 0 Å². The van der Waals surface area contributed by atoms with Crippen molar-refractivity contribution >= 4 is 6.41 Å². The molecule has 1 fully saturated rings. The van der Waals surface area contributed by atoms with Gasteiger partial charge in [0.2, 0.25) is 6.41 Å². The number of rotatable bonds is 5. The van der Waals surface area contributed by atoms with Crippen molar-refractivity contribution in [1.29, 1.82) is 0 Å². The van der Waals surface area contributed by atoms with Gasteiger partial charge < -0.3 is 14.4 Å². The van der Waals surface area contributed by atoms with E-state index in [-0.39, 0.29) is 0 Å². The summed E-state index contributed by atoms with van der Waals surface area (Å²) in [7, 11) is 1.67. The summed E-state index contributed by atoms with van der Waals surface area (Å²) in [5, 5.41) is 0. The summed E-state index contributed by atoms with van der Waals surface area (Å²) in [5.41, 5.74) is 0. The first-order valence-electron chi connectivity index (χ1n) is 5.16. The number of hydrogen-bond donors (Lipinski definition) is 0. The average molecular weight is 201 g/mol. The minimum Gasteiger partial charge on any atom is -0.382 e. The van der Waals surface area contributed by atoms with E-state index in [1.807, 2.05) is 4.90 Å². The van der Waals surface area contributed by atoms with Gasteiger partial charge in [-0.25, -0.2) is 0 Å². The molecule has 82 valence electrons. The summed E-state index contributed by atoms with van der Waals surface area (Å²) < 4.78 is 10.5. The molecule has 1 heterocycles. The highest BCUT2D eigenvalue weighted by atomic mass is 16.5. The normalized spacial score (nSPS) is 23.2. The second-order valence-electron chi connectivity index (χ2n) is 3.56. The van der Waals surface area contributed by atoms with Crippen LogP contribution >= 0.6 is 0 Å². The standard InChI is InChI=1S/C10H19NO3/c1-13-7-8-14-10-3-2-5-11(9-12)6-4-10/h9-10H,2-8H2,1H3. The number of hydrogen-bond acceptors (Lipinski definition) is 3. The molecule has 1 atom stereocenters. The van der Waals surface area contributed by atoms with Crippen LogP contribution in [0.1, 0.15) is 19.3 Å². The maximum Gasteiger partial charge on any atom is 0.209 e. The van der Waals surface area contributed by atoms with Gasteiger partial charge in [0, 0.05) is 20.2 Å². The van der Waals surface area contributed by atoms with Crippen molar-refractivity contribution in [2.45, 2.75) is 25.4 Å². The van der Waals surface area contributed by atoms with E-state index in [9.17, 15) is 4.79 Å². The molecule has 0 radical (unpaired) electrons. The zero-order chi connectivity index (χ0) is 10.2. The van der Waals surface area contributed by atoms with Crippen LogP contribution in [0.4, 0.5) is 0 Å². The monoisotopic (exact) mass is 201 g/mol. The van der Waals surface area contributed by atoms with E-state index >= 15 is 0 Å². The van der Waals surface area contributed by atoms with Gasteiger partial charge in [0.05, 0.1) is 19.3 Å². The summed E-state index contributed by atoms with van der Waals surface area (Å²) in [6.07, 6.45) is 4.26. The van der Waals surface area contributed by atoms with E-state index in [1.165, 1.54) is 0 Å². The molecule has 1 saturated heterocycles. The Morgan fingerprint density at radius 3 is 2.93 bits per heavy atom. The first kappa shape index (κ1) is 11.5. The fraction of sp³-hybridized carbons (Fsp3) is 0.900. The van der Waals surface area contributed by atoms with E-state index in [0.717, 1.165) is 38.8 Å². The molecule has 0 aromatic rings. The van der Waals surface area contributed by atoms with Crippen LogP contribution in [0.15, 0.2) is 0 Å². The second-order valence-corrected chi connectivity index (χ2v) is 3.56. The highest BCUT2D eigenvalue weighted by Gasteiger charge is 2.15. The molecule has 14 heavy (non-hydrogen) atoms. The molecule has 4 heteroatoms. The van der Waals surface area contributed by atoms with Gasteiger partial charge in [-0.15, -0.1) is 0 Å². The van der Waals surface area contributed by atoms with Crippen LogP contribution in [-0.4, -0.2) is 50.8 Å². The van der Waals surface area contributed by atoms with Gasteiger partial charge in [0.25, 0.3) is 0 Å². The SMILES string of the molecule is COCCOC1CCCN(C=O)CC1. The number of ether oxygens (including phenoxy) is 2. The summed E-state index contributed by atoms with van der Waals surface area (Å²) in [6.45, 7) is 2.99. The van der Waals surface area contributed by atoms with Crippen LogP contribution in [0.3, 0.4) is 0 Å². The zero-order valence-electron chi connectivity index (χ0n) is 8.78. The third-order valence-corrected chi connectivity index (χ3v) is 2.50. The molecule has 1 aliphatic rings. The van der Waals surface area contributed by atoms with Crippen molar-refractivity contribution in [2.24, 2.45) is 0 Å². The smallest absolute Gasteiger partial charge is 0.209 e. The number of likely N-dealkylation sites (tertiary alicyclic amines) is 1. The molecule has 1 aliphatic heterocycles. The predicted octanol–water partition coefficient (Wildman–Crippen LogP) is 0.660. The lowest BCUT2D eigenvalue weighted by Crippen LogP contribution is -2.23. The van der Waals surface area contributed by atoms with Crippen LogP contribution in [-0.2, 0) is 14.3 Å². The summed E-state index contributed by atoms with van der Waals surface area (Å²) in [5.74, 6) is 0. The third-order valence-electron chi connectivity index (χ3n) is 2.50. The molecule has 0 N–H and O–H groups in total. The summed E-state index contributed by atoms with van der Waals surface area (Å²) in [4.78, 5) is 12.4. The Bertz CT molecular complexity index is 163. The van der Waals surface area contributed by atoms with Gasteiger partial charge in [-0.3, -0.25) is 4.79 Å². The van der Waals surface area contributed by atoms with Crippen molar-refractivity contribution in [3.05, 3.63) is 0 Å². The lowest BCUT2D eigenvalue weighted by molar-refractivity contribution is -0.118. The molecule has 0 aliphatic carbocycles. The average Bonchev–Trinajstić information content (AvgIpc) is 2.43. The highest BCUT2D eigenvalue weighted by molar-refractivity contribution is 5.46. The molecule has 1 unspecified atom stereocenters. The number of carbonyl (C=O) groups excluding carboxylic acids is 1. The molecule has 0 saturated carbocycles. The third kappa shape index (κ3) is 4.07. The van der Waals surface area contributed by atoms with Crippen molar-refractivity contribution < 1.29 is 14.3 Å². The highest BCUT2D eigenvalue weighted by Crippen LogP contribution is 2.12. The zero-order valence-corrected chi connectivity index (χ0v) is 8.78. The van der Waals surface area contributed by atoms with Gasteiger partial charge >= 0.3 is 0 Å². The Balaban J connectivity index is 2.17. The van der Waals surface area contributed by atoms with Gasteiger partial charge in [0.1, 0.15) is 0 Å². The lowest BCUT2D eigenvalue weighted by Gasteiger charge is -2.15. The number of carbonyl (C=O) groups is 1. The second kappa shape index (κ2) is 6.79. The largest absolute Gasteiger partial charge is 0.382 e. The van der Waals surface area contributed by atoms with Crippen LogP contribution in [0.5, 0.6) is 0 Å². The first-order valence-corrected chi connectivity index (χ1v) is 5.16. The van der Waals surface area contributed by atoms with Crippen molar-refractivity contribution in [3.63, 3.8) is 0 Å². The Hall–Kier alpha value is -0.610. The Morgan fingerprint density at radius 2 is 2.21 bits per heavy atom. The summed E-state index contributed by atoms with van der Waals surface area (Å²) in [6, 6.07) is 0. The molecule has 0 spiro atoms. The van der Waals surface area contributed by atoms with Gasteiger partial charge in [-0.05, 0) is 19.3 Å². The first-order chi connectivity index (χ1) is 6.86. The fourth-order valence-corrected chi connectivity index (χ4v) is 1.66. The van der Waals surface area contributed by atoms with Crippen LogP contribution in [0.25, 0.3) is 0 Å². The van der Waals surface area contributed by atoms with Crippen LogP contribution in [0, 0.1) is 0 Å².